The molecule has 1 saturated heterocycles. The van der Waals surface area contributed by atoms with Gasteiger partial charge < -0.3 is 14.4 Å². The lowest BCUT2D eigenvalue weighted by Gasteiger charge is -2.14. The average Bonchev–Trinajstić information content (AvgIpc) is 3.09. The van der Waals surface area contributed by atoms with E-state index in [9.17, 15) is 9.90 Å². The summed E-state index contributed by atoms with van der Waals surface area (Å²) in [4.78, 5) is 18.0. The summed E-state index contributed by atoms with van der Waals surface area (Å²) < 4.78 is 5.40. The van der Waals surface area contributed by atoms with Crippen molar-refractivity contribution in [2.24, 2.45) is 0 Å². The van der Waals surface area contributed by atoms with Crippen molar-refractivity contribution in [3.63, 3.8) is 0 Å². The highest BCUT2D eigenvalue weighted by atomic mass is 16.3. The second-order valence-electron chi connectivity index (χ2n) is 4.97. The van der Waals surface area contributed by atoms with Gasteiger partial charge in [-0.15, -0.1) is 0 Å². The molecule has 1 atom stereocenters. The van der Waals surface area contributed by atoms with Gasteiger partial charge in [-0.1, -0.05) is 18.2 Å². The lowest BCUT2D eigenvalue weighted by Crippen LogP contribution is -2.30. The van der Waals surface area contributed by atoms with Crippen LogP contribution in [-0.4, -0.2) is 40.1 Å². The van der Waals surface area contributed by atoms with E-state index in [-0.39, 0.29) is 12.3 Å². The van der Waals surface area contributed by atoms with Gasteiger partial charge in [-0.25, -0.2) is 4.98 Å². The summed E-state index contributed by atoms with van der Waals surface area (Å²) >= 11 is 0. The molecular weight excluding hydrogens is 256 g/mol. The van der Waals surface area contributed by atoms with Gasteiger partial charge in [-0.3, -0.25) is 4.79 Å². The van der Waals surface area contributed by atoms with Gasteiger partial charge in [0.25, 0.3) is 0 Å². The Bertz CT molecular complexity index is 594. The molecule has 5 heteroatoms. The molecule has 1 amide bonds. The molecule has 1 fully saturated rings. The zero-order valence-corrected chi connectivity index (χ0v) is 11.0. The Balaban J connectivity index is 1.67. The number of hydrogen-bond acceptors (Lipinski definition) is 4. The SMILES string of the molecule is O=C(Cc1coc(-c2ccccc2)n1)N1CC[C@@H](O)C1. The standard InChI is InChI=1S/C15H16N2O3/c18-13-6-7-17(9-13)14(19)8-12-10-20-15(16-12)11-4-2-1-3-5-11/h1-5,10,13,18H,6-9H2/t13-/m1/s1. The van der Waals surface area contributed by atoms with Crippen LogP contribution < -0.4 is 0 Å². The molecule has 104 valence electrons. The summed E-state index contributed by atoms with van der Waals surface area (Å²) in [5, 5.41) is 9.44. The summed E-state index contributed by atoms with van der Waals surface area (Å²) in [7, 11) is 0. The summed E-state index contributed by atoms with van der Waals surface area (Å²) in [5.41, 5.74) is 1.51. The van der Waals surface area contributed by atoms with Crippen molar-refractivity contribution in [3.8, 4) is 11.5 Å². The zero-order valence-electron chi connectivity index (χ0n) is 11.0. The zero-order chi connectivity index (χ0) is 13.9. The molecule has 0 spiro atoms. The smallest absolute Gasteiger partial charge is 0.228 e. The van der Waals surface area contributed by atoms with E-state index in [1.807, 2.05) is 30.3 Å². The van der Waals surface area contributed by atoms with E-state index in [4.69, 9.17) is 4.42 Å². The van der Waals surface area contributed by atoms with E-state index < -0.39 is 6.10 Å². The lowest BCUT2D eigenvalue weighted by molar-refractivity contribution is -0.129. The highest BCUT2D eigenvalue weighted by Gasteiger charge is 2.25. The number of nitrogens with zero attached hydrogens (tertiary/aromatic N) is 2. The number of β-amino-alcohol motifs (C(OH)–C–C–N with tert-alkyl or cyclic N) is 1. The van der Waals surface area contributed by atoms with Crippen LogP contribution in [0.4, 0.5) is 0 Å². The summed E-state index contributed by atoms with van der Waals surface area (Å²) in [6.45, 7) is 1.03. The molecule has 0 unspecified atom stereocenters. The third kappa shape index (κ3) is 2.72. The van der Waals surface area contributed by atoms with Crippen molar-refractivity contribution in [1.29, 1.82) is 0 Å². The first-order valence-electron chi connectivity index (χ1n) is 6.68. The van der Waals surface area contributed by atoms with Gasteiger partial charge in [0.05, 0.1) is 18.2 Å². The molecule has 1 aromatic heterocycles. The molecule has 0 saturated carbocycles. The van der Waals surface area contributed by atoms with Crippen LogP contribution in [0.15, 0.2) is 41.0 Å². The summed E-state index contributed by atoms with van der Waals surface area (Å²) in [6.07, 6.45) is 1.99. The number of likely N-dealkylation sites (tertiary alicyclic amines) is 1. The van der Waals surface area contributed by atoms with Crippen molar-refractivity contribution in [3.05, 3.63) is 42.3 Å². The minimum absolute atomic E-state index is 0.0190. The van der Waals surface area contributed by atoms with Crippen LogP contribution in [-0.2, 0) is 11.2 Å². The second-order valence-corrected chi connectivity index (χ2v) is 4.97. The number of carbonyl (C=O) groups excluding carboxylic acids is 1. The Hall–Kier alpha value is -2.14. The predicted molar refractivity (Wildman–Crippen MR) is 72.8 cm³/mol. The molecular formula is C15H16N2O3. The van der Waals surface area contributed by atoms with Crippen LogP contribution in [0.1, 0.15) is 12.1 Å². The summed E-state index contributed by atoms with van der Waals surface area (Å²) in [6, 6.07) is 9.57. The van der Waals surface area contributed by atoms with Gasteiger partial charge in [0.2, 0.25) is 11.8 Å². The van der Waals surface area contributed by atoms with Gasteiger partial charge in [0.15, 0.2) is 0 Å². The molecule has 1 aliphatic heterocycles. The molecule has 20 heavy (non-hydrogen) atoms. The van der Waals surface area contributed by atoms with E-state index in [0.717, 1.165) is 5.56 Å². The minimum Gasteiger partial charge on any atom is -0.444 e. The first kappa shape index (κ1) is 12.9. The second kappa shape index (κ2) is 5.46. The molecule has 1 N–H and O–H groups in total. The normalized spacial score (nSPS) is 18.4. The van der Waals surface area contributed by atoms with Crippen LogP contribution in [0.5, 0.6) is 0 Å². The Morgan fingerprint density at radius 2 is 2.20 bits per heavy atom. The van der Waals surface area contributed by atoms with Crippen LogP contribution in [0, 0.1) is 0 Å². The molecule has 2 aromatic rings. The van der Waals surface area contributed by atoms with E-state index in [0.29, 0.717) is 31.1 Å². The Morgan fingerprint density at radius 1 is 1.40 bits per heavy atom. The maximum Gasteiger partial charge on any atom is 0.228 e. The quantitative estimate of drug-likeness (QED) is 0.919. The van der Waals surface area contributed by atoms with Crippen LogP contribution in [0.2, 0.25) is 0 Å². The van der Waals surface area contributed by atoms with Gasteiger partial charge in [-0.2, -0.15) is 0 Å². The maximum atomic E-state index is 12.0. The molecule has 1 aromatic carbocycles. The van der Waals surface area contributed by atoms with Crippen LogP contribution in [0.3, 0.4) is 0 Å². The average molecular weight is 272 g/mol. The minimum atomic E-state index is -0.392. The molecule has 3 rings (SSSR count). The number of aliphatic hydroxyl groups excluding tert-OH is 1. The van der Waals surface area contributed by atoms with Gasteiger partial charge in [0, 0.05) is 18.7 Å². The molecule has 0 bridgehead atoms. The number of oxazole rings is 1. The Morgan fingerprint density at radius 3 is 2.90 bits per heavy atom. The number of hydrogen-bond donors (Lipinski definition) is 1. The fourth-order valence-corrected chi connectivity index (χ4v) is 2.34. The van der Waals surface area contributed by atoms with Crippen molar-refractivity contribution in [2.75, 3.05) is 13.1 Å². The number of rotatable bonds is 3. The van der Waals surface area contributed by atoms with Crippen LogP contribution >= 0.6 is 0 Å². The van der Waals surface area contributed by atoms with Gasteiger partial charge in [0.1, 0.15) is 6.26 Å². The van der Waals surface area contributed by atoms with Gasteiger partial charge in [-0.05, 0) is 18.6 Å². The number of amides is 1. The number of aromatic nitrogens is 1. The fourth-order valence-electron chi connectivity index (χ4n) is 2.34. The highest BCUT2D eigenvalue weighted by Crippen LogP contribution is 2.19. The van der Waals surface area contributed by atoms with Gasteiger partial charge >= 0.3 is 0 Å². The third-order valence-electron chi connectivity index (χ3n) is 3.42. The van der Waals surface area contributed by atoms with E-state index in [2.05, 4.69) is 4.98 Å². The fraction of sp³-hybridized carbons (Fsp3) is 0.333. The first-order chi connectivity index (χ1) is 9.72. The highest BCUT2D eigenvalue weighted by molar-refractivity contribution is 5.78. The Kier molecular flexibility index (Phi) is 3.52. The summed E-state index contributed by atoms with van der Waals surface area (Å²) in [5.74, 6) is 0.504. The van der Waals surface area contributed by atoms with E-state index >= 15 is 0 Å². The van der Waals surface area contributed by atoms with Crippen molar-refractivity contribution in [2.45, 2.75) is 18.9 Å². The van der Waals surface area contributed by atoms with Crippen LogP contribution in [0.25, 0.3) is 11.5 Å². The van der Waals surface area contributed by atoms with Crippen molar-refractivity contribution >= 4 is 5.91 Å². The van der Waals surface area contributed by atoms with E-state index in [1.54, 1.807) is 4.90 Å². The number of carbonyl (C=O) groups is 1. The first-order valence-corrected chi connectivity index (χ1v) is 6.68. The largest absolute Gasteiger partial charge is 0.444 e. The monoisotopic (exact) mass is 272 g/mol. The van der Waals surface area contributed by atoms with E-state index in [1.165, 1.54) is 6.26 Å². The molecule has 5 nitrogen and oxygen atoms in total. The lowest BCUT2D eigenvalue weighted by atomic mass is 10.2. The maximum absolute atomic E-state index is 12.0. The molecule has 1 aliphatic rings. The topological polar surface area (TPSA) is 66.6 Å². The predicted octanol–water partition coefficient (Wildman–Crippen LogP) is 1.48. The number of aliphatic hydroxyl groups is 1. The Labute approximate surface area is 116 Å². The third-order valence-corrected chi connectivity index (χ3v) is 3.42. The van der Waals surface area contributed by atoms with Crippen molar-refractivity contribution in [1.82, 2.24) is 9.88 Å². The molecule has 0 radical (unpaired) electrons. The number of benzene rings is 1. The molecule has 0 aliphatic carbocycles. The molecule has 2 heterocycles. The van der Waals surface area contributed by atoms with Crippen molar-refractivity contribution < 1.29 is 14.3 Å².